The second kappa shape index (κ2) is 10.1. The predicted octanol–water partition coefficient (Wildman–Crippen LogP) is 4.45. The van der Waals surface area contributed by atoms with Gasteiger partial charge in [0.2, 0.25) is 0 Å². The molecule has 170 valence electrons. The molecule has 0 atom stereocenters. The number of hydrogen-bond donors (Lipinski definition) is 1. The van der Waals surface area contributed by atoms with E-state index in [1.807, 2.05) is 49.4 Å². The molecule has 0 bridgehead atoms. The summed E-state index contributed by atoms with van der Waals surface area (Å²) in [6.45, 7) is 2.81. The summed E-state index contributed by atoms with van der Waals surface area (Å²) in [5.74, 6) is 1.79. The predicted molar refractivity (Wildman–Crippen MR) is 127 cm³/mol. The summed E-state index contributed by atoms with van der Waals surface area (Å²) in [5.41, 5.74) is 2.73. The Kier molecular flexibility index (Phi) is 6.78. The lowest BCUT2D eigenvalue weighted by atomic mass is 10.1. The number of nitrogens with one attached hydrogen (secondary N) is 1. The van der Waals surface area contributed by atoms with Crippen molar-refractivity contribution in [1.29, 1.82) is 0 Å². The lowest BCUT2D eigenvalue weighted by Crippen LogP contribution is -2.39. The van der Waals surface area contributed by atoms with Crippen LogP contribution in [0.3, 0.4) is 0 Å². The van der Waals surface area contributed by atoms with Crippen molar-refractivity contribution >= 4 is 23.2 Å². The number of rotatable bonds is 8. The molecule has 0 radical (unpaired) electrons. The first-order valence-corrected chi connectivity index (χ1v) is 10.8. The van der Waals surface area contributed by atoms with Crippen molar-refractivity contribution in [2.75, 3.05) is 37.1 Å². The van der Waals surface area contributed by atoms with Gasteiger partial charge in [-0.05, 0) is 67.4 Å². The largest absolute Gasteiger partial charge is 0.497 e. The molecule has 4 rings (SSSR count). The highest BCUT2D eigenvalue weighted by atomic mass is 16.5. The first kappa shape index (κ1) is 22.2. The van der Waals surface area contributed by atoms with Crippen LogP contribution < -0.4 is 24.4 Å². The molecule has 7 heteroatoms. The minimum absolute atomic E-state index is 0.0126. The second-order valence-corrected chi connectivity index (χ2v) is 7.66. The molecule has 1 N–H and O–H groups in total. The van der Waals surface area contributed by atoms with Crippen LogP contribution in [-0.4, -0.2) is 38.7 Å². The van der Waals surface area contributed by atoms with E-state index in [9.17, 15) is 9.59 Å². The van der Waals surface area contributed by atoms with Gasteiger partial charge in [0.1, 0.15) is 17.2 Å². The number of fused-ring (bicyclic) bond motifs is 1. The van der Waals surface area contributed by atoms with Gasteiger partial charge >= 0.3 is 0 Å². The SMILES string of the molecule is COc1ccc(OCCCN2C(=O)COc3ccc(NC(=O)c4ccccc4C)cc32)cc1. The summed E-state index contributed by atoms with van der Waals surface area (Å²) < 4.78 is 16.5. The van der Waals surface area contributed by atoms with Gasteiger partial charge in [-0.3, -0.25) is 9.59 Å². The average Bonchev–Trinajstić information content (AvgIpc) is 2.83. The monoisotopic (exact) mass is 446 g/mol. The smallest absolute Gasteiger partial charge is 0.265 e. The van der Waals surface area contributed by atoms with Gasteiger partial charge in [0.05, 0.1) is 19.4 Å². The number of carbonyl (C=O) groups is 2. The minimum atomic E-state index is -0.199. The normalized spacial score (nSPS) is 12.5. The maximum atomic E-state index is 12.7. The van der Waals surface area contributed by atoms with Crippen LogP contribution in [0.4, 0.5) is 11.4 Å². The fourth-order valence-electron chi connectivity index (χ4n) is 3.64. The number of hydrogen-bond acceptors (Lipinski definition) is 5. The first-order valence-electron chi connectivity index (χ1n) is 10.8. The number of carbonyl (C=O) groups excluding carboxylic acids is 2. The van der Waals surface area contributed by atoms with Crippen LogP contribution >= 0.6 is 0 Å². The Morgan fingerprint density at radius 2 is 1.82 bits per heavy atom. The third kappa shape index (κ3) is 5.26. The molecule has 1 aliphatic heterocycles. The van der Waals surface area contributed by atoms with E-state index in [-0.39, 0.29) is 18.4 Å². The van der Waals surface area contributed by atoms with Gasteiger partial charge < -0.3 is 24.4 Å². The molecule has 33 heavy (non-hydrogen) atoms. The van der Waals surface area contributed by atoms with Gasteiger partial charge in [-0.25, -0.2) is 0 Å². The molecule has 0 saturated heterocycles. The Morgan fingerprint density at radius 1 is 1.06 bits per heavy atom. The molecule has 0 fully saturated rings. The van der Waals surface area contributed by atoms with Crippen LogP contribution in [0, 0.1) is 6.92 Å². The summed E-state index contributed by atoms with van der Waals surface area (Å²) in [7, 11) is 1.62. The molecule has 1 aliphatic rings. The van der Waals surface area contributed by atoms with Crippen molar-refractivity contribution in [3.63, 3.8) is 0 Å². The first-order chi connectivity index (χ1) is 16.0. The molecule has 0 spiro atoms. The molecular weight excluding hydrogens is 420 g/mol. The van der Waals surface area contributed by atoms with E-state index in [0.717, 1.165) is 17.1 Å². The van der Waals surface area contributed by atoms with Crippen molar-refractivity contribution < 1.29 is 23.8 Å². The average molecular weight is 447 g/mol. The fraction of sp³-hybridized carbons (Fsp3) is 0.231. The molecule has 2 amide bonds. The summed E-state index contributed by atoms with van der Waals surface area (Å²) in [6, 6.07) is 20.1. The molecule has 3 aromatic rings. The van der Waals surface area contributed by atoms with Crippen molar-refractivity contribution in [1.82, 2.24) is 0 Å². The molecule has 1 heterocycles. The van der Waals surface area contributed by atoms with Gasteiger partial charge in [0.25, 0.3) is 11.8 Å². The highest BCUT2D eigenvalue weighted by molar-refractivity contribution is 6.06. The fourth-order valence-corrected chi connectivity index (χ4v) is 3.64. The van der Waals surface area contributed by atoms with E-state index in [1.54, 1.807) is 36.3 Å². The number of nitrogens with zero attached hydrogens (tertiary/aromatic N) is 1. The lowest BCUT2D eigenvalue weighted by molar-refractivity contribution is -0.121. The van der Waals surface area contributed by atoms with Crippen LogP contribution in [0.15, 0.2) is 66.7 Å². The maximum absolute atomic E-state index is 12.7. The topological polar surface area (TPSA) is 77.1 Å². The van der Waals surface area contributed by atoms with Crippen molar-refractivity contribution in [3.05, 3.63) is 77.9 Å². The van der Waals surface area contributed by atoms with E-state index in [0.29, 0.717) is 42.3 Å². The molecule has 0 aromatic heterocycles. The highest BCUT2D eigenvalue weighted by Crippen LogP contribution is 2.35. The Morgan fingerprint density at radius 3 is 2.58 bits per heavy atom. The van der Waals surface area contributed by atoms with Crippen LogP contribution in [0.1, 0.15) is 22.3 Å². The van der Waals surface area contributed by atoms with E-state index in [4.69, 9.17) is 14.2 Å². The van der Waals surface area contributed by atoms with Gasteiger partial charge in [-0.2, -0.15) is 0 Å². The quantitative estimate of drug-likeness (QED) is 0.518. The molecule has 0 aliphatic carbocycles. The van der Waals surface area contributed by atoms with Crippen molar-refractivity contribution in [2.24, 2.45) is 0 Å². The summed E-state index contributed by atoms with van der Waals surface area (Å²) in [6.07, 6.45) is 0.636. The van der Waals surface area contributed by atoms with Crippen LogP contribution in [0.5, 0.6) is 17.2 Å². The Balaban J connectivity index is 1.41. The molecule has 7 nitrogen and oxygen atoms in total. The number of ether oxygens (including phenoxy) is 3. The van der Waals surface area contributed by atoms with Crippen molar-refractivity contribution in [3.8, 4) is 17.2 Å². The third-order valence-electron chi connectivity index (χ3n) is 5.40. The van der Waals surface area contributed by atoms with Crippen LogP contribution in [0.2, 0.25) is 0 Å². The van der Waals surface area contributed by atoms with Crippen LogP contribution in [0.25, 0.3) is 0 Å². The number of benzene rings is 3. The van der Waals surface area contributed by atoms with Crippen molar-refractivity contribution in [2.45, 2.75) is 13.3 Å². The van der Waals surface area contributed by atoms with Gasteiger partial charge in [-0.1, -0.05) is 18.2 Å². The lowest BCUT2D eigenvalue weighted by Gasteiger charge is -2.30. The standard InChI is InChI=1S/C26H26N2O5/c1-18-6-3-4-7-22(18)26(30)27-19-8-13-24-23(16-19)28(25(29)17-33-24)14-5-15-32-21-11-9-20(31-2)10-12-21/h3-4,6-13,16H,5,14-15,17H2,1-2H3,(H,27,30). The number of aryl methyl sites for hydroxylation is 1. The zero-order valence-electron chi connectivity index (χ0n) is 18.7. The summed E-state index contributed by atoms with van der Waals surface area (Å²) in [4.78, 5) is 26.9. The van der Waals surface area contributed by atoms with Gasteiger partial charge in [0.15, 0.2) is 6.61 Å². The number of anilines is 2. The number of methoxy groups -OCH3 is 1. The molecule has 0 saturated carbocycles. The van der Waals surface area contributed by atoms with Gasteiger partial charge in [-0.15, -0.1) is 0 Å². The summed E-state index contributed by atoms with van der Waals surface area (Å²) >= 11 is 0. The molecule has 3 aromatic carbocycles. The minimum Gasteiger partial charge on any atom is -0.497 e. The van der Waals surface area contributed by atoms with E-state index < -0.39 is 0 Å². The zero-order chi connectivity index (χ0) is 23.2. The van der Waals surface area contributed by atoms with E-state index >= 15 is 0 Å². The molecular formula is C26H26N2O5. The zero-order valence-corrected chi connectivity index (χ0v) is 18.7. The Hall–Kier alpha value is -4.00. The highest BCUT2D eigenvalue weighted by Gasteiger charge is 2.26. The van der Waals surface area contributed by atoms with E-state index in [1.165, 1.54) is 0 Å². The number of amides is 2. The second-order valence-electron chi connectivity index (χ2n) is 7.66. The maximum Gasteiger partial charge on any atom is 0.265 e. The third-order valence-corrected chi connectivity index (χ3v) is 5.40. The summed E-state index contributed by atoms with van der Waals surface area (Å²) in [5, 5.41) is 2.92. The molecule has 0 unspecified atom stereocenters. The van der Waals surface area contributed by atoms with Crippen LogP contribution in [-0.2, 0) is 4.79 Å². The van der Waals surface area contributed by atoms with E-state index in [2.05, 4.69) is 5.32 Å². The Bertz CT molecular complexity index is 1140. The Labute approximate surface area is 192 Å². The van der Waals surface area contributed by atoms with Gasteiger partial charge in [0, 0.05) is 17.8 Å².